The summed E-state index contributed by atoms with van der Waals surface area (Å²) in [6, 6.07) is 5.61. The number of nitrogens with zero attached hydrogens (tertiary/aromatic N) is 1. The monoisotopic (exact) mass is 341 g/mol. The van der Waals surface area contributed by atoms with E-state index in [9.17, 15) is 10.1 Å². The second kappa shape index (κ2) is 7.04. The SMILES string of the molecule is CC(CC1CCCCN1)Nc1cc([N+](=O)[O-])ccc1Br. The van der Waals surface area contributed by atoms with Crippen molar-refractivity contribution in [2.45, 2.75) is 44.7 Å². The predicted molar refractivity (Wildman–Crippen MR) is 84.1 cm³/mol. The zero-order valence-corrected chi connectivity index (χ0v) is 13.1. The third kappa shape index (κ3) is 4.18. The van der Waals surface area contributed by atoms with Gasteiger partial charge in [0.2, 0.25) is 0 Å². The summed E-state index contributed by atoms with van der Waals surface area (Å²) in [5.74, 6) is 0. The van der Waals surface area contributed by atoms with Crippen molar-refractivity contribution in [2.75, 3.05) is 11.9 Å². The van der Waals surface area contributed by atoms with Crippen LogP contribution in [0.15, 0.2) is 22.7 Å². The molecule has 2 atom stereocenters. The van der Waals surface area contributed by atoms with Crippen LogP contribution < -0.4 is 10.6 Å². The van der Waals surface area contributed by atoms with Gasteiger partial charge in [-0.1, -0.05) is 6.42 Å². The quantitative estimate of drug-likeness (QED) is 0.633. The van der Waals surface area contributed by atoms with Crippen molar-refractivity contribution in [3.8, 4) is 0 Å². The fourth-order valence-corrected chi connectivity index (χ4v) is 2.97. The summed E-state index contributed by atoms with van der Waals surface area (Å²) in [4.78, 5) is 10.4. The van der Waals surface area contributed by atoms with Crippen molar-refractivity contribution in [3.05, 3.63) is 32.8 Å². The Hall–Kier alpha value is -1.14. The maximum Gasteiger partial charge on any atom is 0.271 e. The number of piperidine rings is 1. The molecule has 110 valence electrons. The van der Waals surface area contributed by atoms with Gasteiger partial charge in [0.05, 0.1) is 10.6 Å². The van der Waals surface area contributed by atoms with E-state index in [0.29, 0.717) is 6.04 Å². The maximum atomic E-state index is 10.8. The van der Waals surface area contributed by atoms with Crippen LogP contribution in [0.1, 0.15) is 32.6 Å². The van der Waals surface area contributed by atoms with E-state index >= 15 is 0 Å². The summed E-state index contributed by atoms with van der Waals surface area (Å²) in [6.07, 6.45) is 4.77. The highest BCUT2D eigenvalue weighted by molar-refractivity contribution is 9.10. The van der Waals surface area contributed by atoms with Gasteiger partial charge in [0.1, 0.15) is 0 Å². The summed E-state index contributed by atoms with van der Waals surface area (Å²) in [6.45, 7) is 3.21. The standard InChI is InChI=1S/C14H20BrN3O2/c1-10(8-11-4-2-3-7-16-11)17-14-9-12(18(19)20)5-6-13(14)15/h5-6,9-11,16-17H,2-4,7-8H2,1H3. The molecular weight excluding hydrogens is 322 g/mol. The number of hydrogen-bond acceptors (Lipinski definition) is 4. The van der Waals surface area contributed by atoms with Crippen molar-refractivity contribution in [1.29, 1.82) is 0 Å². The van der Waals surface area contributed by atoms with Crippen LogP contribution in [0.4, 0.5) is 11.4 Å². The molecule has 6 heteroatoms. The lowest BCUT2D eigenvalue weighted by Gasteiger charge is -2.27. The molecule has 20 heavy (non-hydrogen) atoms. The lowest BCUT2D eigenvalue weighted by molar-refractivity contribution is -0.384. The molecule has 1 aromatic rings. The molecule has 1 saturated heterocycles. The van der Waals surface area contributed by atoms with Crippen LogP contribution in [0.5, 0.6) is 0 Å². The highest BCUT2D eigenvalue weighted by Crippen LogP contribution is 2.28. The molecule has 0 amide bonds. The third-order valence-electron chi connectivity index (χ3n) is 3.61. The number of non-ortho nitro benzene ring substituents is 1. The molecular formula is C14H20BrN3O2. The molecule has 1 aromatic carbocycles. The van der Waals surface area contributed by atoms with E-state index < -0.39 is 0 Å². The molecule has 0 saturated carbocycles. The smallest absolute Gasteiger partial charge is 0.271 e. The van der Waals surface area contributed by atoms with E-state index in [0.717, 1.165) is 23.1 Å². The topological polar surface area (TPSA) is 67.2 Å². The van der Waals surface area contributed by atoms with Crippen LogP contribution in [0.2, 0.25) is 0 Å². The van der Waals surface area contributed by atoms with Gasteiger partial charge in [0.25, 0.3) is 5.69 Å². The number of nitrogens with one attached hydrogen (secondary N) is 2. The molecule has 1 fully saturated rings. The summed E-state index contributed by atoms with van der Waals surface area (Å²) in [5.41, 5.74) is 0.890. The van der Waals surface area contributed by atoms with E-state index in [4.69, 9.17) is 0 Å². The van der Waals surface area contributed by atoms with Crippen LogP contribution >= 0.6 is 15.9 Å². The van der Waals surface area contributed by atoms with E-state index in [2.05, 4.69) is 33.5 Å². The van der Waals surface area contributed by atoms with Crippen molar-refractivity contribution in [3.63, 3.8) is 0 Å². The van der Waals surface area contributed by atoms with Crippen molar-refractivity contribution >= 4 is 27.3 Å². The fourth-order valence-electron chi connectivity index (χ4n) is 2.61. The average Bonchev–Trinajstić information content (AvgIpc) is 2.42. The minimum absolute atomic E-state index is 0.110. The molecule has 0 aliphatic carbocycles. The third-order valence-corrected chi connectivity index (χ3v) is 4.30. The van der Waals surface area contributed by atoms with Crippen LogP contribution in [-0.2, 0) is 0 Å². The number of halogens is 1. The Balaban J connectivity index is 1.97. The Kier molecular flexibility index (Phi) is 5.37. The molecule has 0 radical (unpaired) electrons. The Labute approximate surface area is 127 Å². The number of benzene rings is 1. The molecule has 2 N–H and O–H groups in total. The van der Waals surface area contributed by atoms with Gasteiger partial charge in [-0.3, -0.25) is 10.1 Å². The van der Waals surface area contributed by atoms with E-state index in [1.165, 1.54) is 25.3 Å². The summed E-state index contributed by atoms with van der Waals surface area (Å²) in [5, 5.41) is 17.7. The Bertz CT molecular complexity index is 475. The van der Waals surface area contributed by atoms with Crippen LogP contribution in [-0.4, -0.2) is 23.6 Å². The lowest BCUT2D eigenvalue weighted by Crippen LogP contribution is -2.37. The molecule has 1 aliphatic rings. The molecule has 0 spiro atoms. The van der Waals surface area contributed by atoms with E-state index in [-0.39, 0.29) is 16.7 Å². The lowest BCUT2D eigenvalue weighted by atomic mass is 9.98. The van der Waals surface area contributed by atoms with Gasteiger partial charge < -0.3 is 10.6 Å². The molecule has 1 aliphatic heterocycles. The highest BCUT2D eigenvalue weighted by Gasteiger charge is 2.17. The normalized spacial score (nSPS) is 20.4. The zero-order chi connectivity index (χ0) is 14.5. The first-order valence-electron chi connectivity index (χ1n) is 7.00. The van der Waals surface area contributed by atoms with Crippen molar-refractivity contribution in [2.24, 2.45) is 0 Å². The number of hydrogen-bond donors (Lipinski definition) is 2. The number of rotatable bonds is 5. The van der Waals surface area contributed by atoms with Gasteiger partial charge in [-0.15, -0.1) is 0 Å². The number of anilines is 1. The number of nitro groups is 1. The Morgan fingerprint density at radius 1 is 1.55 bits per heavy atom. The van der Waals surface area contributed by atoms with Gasteiger partial charge in [0.15, 0.2) is 0 Å². The first-order chi connectivity index (χ1) is 9.56. The molecule has 2 unspecified atom stereocenters. The van der Waals surface area contributed by atoms with Crippen LogP contribution in [0.3, 0.4) is 0 Å². The second-order valence-electron chi connectivity index (χ2n) is 5.35. The fraction of sp³-hybridized carbons (Fsp3) is 0.571. The maximum absolute atomic E-state index is 10.8. The molecule has 2 rings (SSSR count). The minimum Gasteiger partial charge on any atom is -0.381 e. The van der Waals surface area contributed by atoms with E-state index in [1.54, 1.807) is 12.1 Å². The average molecular weight is 342 g/mol. The predicted octanol–water partition coefficient (Wildman–Crippen LogP) is 3.69. The Morgan fingerprint density at radius 3 is 3.00 bits per heavy atom. The van der Waals surface area contributed by atoms with Crippen molar-refractivity contribution < 1.29 is 4.92 Å². The van der Waals surface area contributed by atoms with Crippen LogP contribution in [0, 0.1) is 10.1 Å². The van der Waals surface area contributed by atoms with E-state index in [1.807, 2.05) is 0 Å². The number of nitro benzene ring substituents is 1. The largest absolute Gasteiger partial charge is 0.381 e. The molecule has 0 aromatic heterocycles. The van der Waals surface area contributed by atoms with Gasteiger partial charge >= 0.3 is 0 Å². The second-order valence-corrected chi connectivity index (χ2v) is 6.20. The minimum atomic E-state index is -0.370. The Morgan fingerprint density at radius 2 is 2.35 bits per heavy atom. The summed E-state index contributed by atoms with van der Waals surface area (Å²) < 4.78 is 0.853. The van der Waals surface area contributed by atoms with Gasteiger partial charge in [-0.05, 0) is 54.7 Å². The van der Waals surface area contributed by atoms with Gasteiger partial charge in [-0.2, -0.15) is 0 Å². The van der Waals surface area contributed by atoms with Gasteiger partial charge in [0, 0.05) is 28.7 Å². The van der Waals surface area contributed by atoms with Crippen LogP contribution in [0.25, 0.3) is 0 Å². The van der Waals surface area contributed by atoms with Gasteiger partial charge in [-0.25, -0.2) is 0 Å². The summed E-state index contributed by atoms with van der Waals surface area (Å²) in [7, 11) is 0. The molecule has 1 heterocycles. The molecule has 5 nitrogen and oxygen atoms in total. The first-order valence-corrected chi connectivity index (χ1v) is 7.79. The summed E-state index contributed by atoms with van der Waals surface area (Å²) >= 11 is 3.43. The van der Waals surface area contributed by atoms with Crippen molar-refractivity contribution in [1.82, 2.24) is 5.32 Å². The first kappa shape index (κ1) is 15.3. The highest BCUT2D eigenvalue weighted by atomic mass is 79.9. The zero-order valence-electron chi connectivity index (χ0n) is 11.6. The molecule has 0 bridgehead atoms.